The highest BCUT2D eigenvalue weighted by Gasteiger charge is 2.33. The maximum atomic E-state index is 14.1. The van der Waals surface area contributed by atoms with Gasteiger partial charge in [-0.15, -0.1) is 0 Å². The number of ketones is 1. The van der Waals surface area contributed by atoms with E-state index in [2.05, 4.69) is 0 Å². The van der Waals surface area contributed by atoms with E-state index in [1.807, 2.05) is 13.8 Å². The molecule has 1 heterocycles. The van der Waals surface area contributed by atoms with Crippen LogP contribution in [0.1, 0.15) is 36.3 Å². The van der Waals surface area contributed by atoms with E-state index in [-0.39, 0.29) is 21.9 Å². The summed E-state index contributed by atoms with van der Waals surface area (Å²) in [7, 11) is 0. The summed E-state index contributed by atoms with van der Waals surface area (Å²) in [6, 6.07) is 3.54. The first kappa shape index (κ1) is 14.3. The zero-order chi connectivity index (χ0) is 15.4. The maximum absolute atomic E-state index is 14.1. The summed E-state index contributed by atoms with van der Waals surface area (Å²) in [6.45, 7) is 3.99. The van der Waals surface area contributed by atoms with Crippen molar-refractivity contribution in [3.63, 3.8) is 0 Å². The van der Waals surface area contributed by atoms with Gasteiger partial charge in [-0.3, -0.25) is 4.79 Å². The number of benzene rings is 1. The number of Topliss-reactive ketones (excluding diaryl/α,β-unsaturated/α-hetero) is 1. The molecular formula is C16H14ClF2NO. The van der Waals surface area contributed by atoms with Crippen LogP contribution in [0, 0.1) is 17.0 Å². The summed E-state index contributed by atoms with van der Waals surface area (Å²) < 4.78 is 28.9. The Bertz CT molecular complexity index is 726. The van der Waals surface area contributed by atoms with Gasteiger partial charge in [0.15, 0.2) is 11.6 Å². The predicted octanol–water partition coefficient (Wildman–Crippen LogP) is 4.56. The lowest BCUT2D eigenvalue weighted by Gasteiger charge is -2.29. The second-order valence-corrected chi connectivity index (χ2v) is 6.61. The maximum Gasteiger partial charge on any atom is 0.165 e. The molecule has 0 unspecified atom stereocenters. The molecule has 1 aliphatic rings. The van der Waals surface area contributed by atoms with Gasteiger partial charge in [-0.05, 0) is 24.0 Å². The van der Waals surface area contributed by atoms with Gasteiger partial charge in [-0.25, -0.2) is 8.78 Å². The van der Waals surface area contributed by atoms with Crippen molar-refractivity contribution in [3.05, 3.63) is 52.3 Å². The third kappa shape index (κ3) is 2.38. The largest absolute Gasteiger partial charge is 0.316 e. The lowest BCUT2D eigenvalue weighted by molar-refractivity contribution is 0.0911. The van der Waals surface area contributed by atoms with Gasteiger partial charge < -0.3 is 4.57 Å². The first-order chi connectivity index (χ1) is 9.78. The van der Waals surface area contributed by atoms with Gasteiger partial charge in [0.1, 0.15) is 11.5 Å². The third-order valence-corrected chi connectivity index (χ3v) is 4.09. The topological polar surface area (TPSA) is 22.0 Å². The fourth-order valence-electron chi connectivity index (χ4n) is 2.92. The summed E-state index contributed by atoms with van der Waals surface area (Å²) in [4.78, 5) is 12.2. The average molecular weight is 310 g/mol. The summed E-state index contributed by atoms with van der Waals surface area (Å²) in [5, 5.41) is -0.0123. The SMILES string of the molecule is CC1(C)CC(=O)c2ccn(-c3c(F)cc(F)cc3Cl)c2C1. The standard InChI is InChI=1S/C16H14ClF2NO/c1-16(2)7-13-10(14(21)8-16)3-4-20(13)15-11(17)5-9(18)6-12(15)19/h3-6H,7-8H2,1-2H3. The molecule has 0 spiro atoms. The van der Waals surface area contributed by atoms with E-state index < -0.39 is 11.6 Å². The number of hydrogen-bond donors (Lipinski definition) is 0. The zero-order valence-electron chi connectivity index (χ0n) is 11.7. The molecule has 0 saturated heterocycles. The van der Waals surface area contributed by atoms with Crippen LogP contribution in [0.5, 0.6) is 0 Å². The fourth-order valence-corrected chi connectivity index (χ4v) is 3.20. The minimum absolute atomic E-state index is 0.0123. The summed E-state index contributed by atoms with van der Waals surface area (Å²) in [5.41, 5.74) is 1.21. The second kappa shape index (κ2) is 4.67. The summed E-state index contributed by atoms with van der Waals surface area (Å²) >= 11 is 5.99. The number of aromatic nitrogens is 1. The Kier molecular flexibility index (Phi) is 3.17. The first-order valence-corrected chi connectivity index (χ1v) is 7.05. The Balaban J connectivity index is 2.21. The van der Waals surface area contributed by atoms with Gasteiger partial charge in [0.2, 0.25) is 0 Å². The number of rotatable bonds is 1. The average Bonchev–Trinajstić information content (AvgIpc) is 2.70. The van der Waals surface area contributed by atoms with Crippen LogP contribution in [0.15, 0.2) is 24.4 Å². The molecular weight excluding hydrogens is 296 g/mol. The molecule has 0 radical (unpaired) electrons. The van der Waals surface area contributed by atoms with Gasteiger partial charge in [0, 0.05) is 29.9 Å². The molecule has 3 rings (SSSR count). The van der Waals surface area contributed by atoms with Crippen LogP contribution < -0.4 is 0 Å². The molecule has 110 valence electrons. The number of carbonyl (C=O) groups is 1. The molecule has 1 aliphatic carbocycles. The van der Waals surface area contributed by atoms with E-state index in [4.69, 9.17) is 11.6 Å². The van der Waals surface area contributed by atoms with E-state index in [0.29, 0.717) is 18.4 Å². The van der Waals surface area contributed by atoms with Crippen LogP contribution in [0.25, 0.3) is 5.69 Å². The van der Waals surface area contributed by atoms with Crippen molar-refractivity contribution in [2.75, 3.05) is 0 Å². The van der Waals surface area contributed by atoms with Crippen molar-refractivity contribution in [2.24, 2.45) is 5.41 Å². The summed E-state index contributed by atoms with van der Waals surface area (Å²) in [5.74, 6) is -1.42. The molecule has 0 N–H and O–H groups in total. The lowest BCUT2D eigenvalue weighted by Crippen LogP contribution is -2.27. The molecule has 0 bridgehead atoms. The van der Waals surface area contributed by atoms with Gasteiger partial charge in [0.05, 0.1) is 5.02 Å². The Morgan fingerprint density at radius 2 is 1.95 bits per heavy atom. The van der Waals surface area contributed by atoms with E-state index in [0.717, 1.165) is 17.8 Å². The smallest absolute Gasteiger partial charge is 0.165 e. The normalized spacial score (nSPS) is 16.9. The van der Waals surface area contributed by atoms with Crippen molar-refractivity contribution >= 4 is 17.4 Å². The minimum Gasteiger partial charge on any atom is -0.316 e. The van der Waals surface area contributed by atoms with Gasteiger partial charge >= 0.3 is 0 Å². The Morgan fingerprint density at radius 1 is 1.24 bits per heavy atom. The minimum atomic E-state index is -0.741. The van der Waals surface area contributed by atoms with Crippen LogP contribution in [0.4, 0.5) is 8.78 Å². The Hall–Kier alpha value is -1.68. The summed E-state index contributed by atoms with van der Waals surface area (Å²) in [6.07, 6.45) is 2.71. The number of nitrogens with zero attached hydrogens (tertiary/aromatic N) is 1. The highest BCUT2D eigenvalue weighted by Crippen LogP contribution is 2.37. The van der Waals surface area contributed by atoms with E-state index in [1.54, 1.807) is 16.8 Å². The predicted molar refractivity (Wildman–Crippen MR) is 77.1 cm³/mol. The van der Waals surface area contributed by atoms with E-state index in [1.165, 1.54) is 0 Å². The third-order valence-electron chi connectivity index (χ3n) is 3.80. The van der Waals surface area contributed by atoms with Crippen LogP contribution in [0.3, 0.4) is 0 Å². The molecule has 0 aliphatic heterocycles. The van der Waals surface area contributed by atoms with Crippen LogP contribution in [0.2, 0.25) is 5.02 Å². The molecule has 2 aromatic rings. The van der Waals surface area contributed by atoms with Crippen LogP contribution in [-0.2, 0) is 6.42 Å². The molecule has 5 heteroatoms. The lowest BCUT2D eigenvalue weighted by atomic mass is 9.76. The van der Waals surface area contributed by atoms with Crippen molar-refractivity contribution in [2.45, 2.75) is 26.7 Å². The van der Waals surface area contributed by atoms with Gasteiger partial charge in [-0.2, -0.15) is 0 Å². The monoisotopic (exact) mass is 309 g/mol. The van der Waals surface area contributed by atoms with Gasteiger partial charge in [-0.1, -0.05) is 25.4 Å². The van der Waals surface area contributed by atoms with Gasteiger partial charge in [0.25, 0.3) is 0 Å². The van der Waals surface area contributed by atoms with Crippen molar-refractivity contribution in [3.8, 4) is 5.69 Å². The number of fused-ring (bicyclic) bond motifs is 1. The number of halogens is 3. The molecule has 21 heavy (non-hydrogen) atoms. The Labute approximate surface area is 126 Å². The molecule has 1 aromatic carbocycles. The highest BCUT2D eigenvalue weighted by molar-refractivity contribution is 6.32. The van der Waals surface area contributed by atoms with E-state index >= 15 is 0 Å². The fraction of sp³-hybridized carbons (Fsp3) is 0.312. The highest BCUT2D eigenvalue weighted by atomic mass is 35.5. The molecule has 1 aromatic heterocycles. The quantitative estimate of drug-likeness (QED) is 0.756. The zero-order valence-corrected chi connectivity index (χ0v) is 12.5. The van der Waals surface area contributed by atoms with E-state index in [9.17, 15) is 13.6 Å². The second-order valence-electron chi connectivity index (χ2n) is 6.21. The molecule has 2 nitrogen and oxygen atoms in total. The molecule has 0 amide bonds. The van der Waals surface area contributed by atoms with Crippen molar-refractivity contribution in [1.29, 1.82) is 0 Å². The molecule has 0 fully saturated rings. The molecule has 0 atom stereocenters. The molecule has 0 saturated carbocycles. The first-order valence-electron chi connectivity index (χ1n) is 6.67. The Morgan fingerprint density at radius 3 is 2.62 bits per heavy atom. The van der Waals surface area contributed by atoms with Crippen LogP contribution >= 0.6 is 11.6 Å². The van der Waals surface area contributed by atoms with Crippen molar-refractivity contribution < 1.29 is 13.6 Å². The van der Waals surface area contributed by atoms with Crippen molar-refractivity contribution in [1.82, 2.24) is 4.57 Å². The number of hydrogen-bond acceptors (Lipinski definition) is 1. The van der Waals surface area contributed by atoms with Crippen LogP contribution in [-0.4, -0.2) is 10.4 Å². The number of carbonyl (C=O) groups excluding carboxylic acids is 1.